The van der Waals surface area contributed by atoms with Gasteiger partial charge < -0.3 is 0 Å². The minimum absolute atomic E-state index is 0.254. The van der Waals surface area contributed by atoms with E-state index in [4.69, 9.17) is 0 Å². The Balaban J connectivity index is 1.78. The number of hydrogen-bond acceptors (Lipinski definition) is 5. The molecule has 0 saturated carbocycles. The van der Waals surface area contributed by atoms with E-state index in [9.17, 15) is 4.79 Å². The molecule has 0 saturated heterocycles. The summed E-state index contributed by atoms with van der Waals surface area (Å²) in [6.45, 7) is 3.88. The van der Waals surface area contributed by atoms with Crippen LogP contribution < -0.4 is 5.32 Å². The van der Waals surface area contributed by atoms with Crippen molar-refractivity contribution >= 4 is 22.4 Å². The monoisotopic (exact) mass is 299 g/mol. The first-order valence-electron chi connectivity index (χ1n) is 6.36. The third kappa shape index (κ3) is 2.82. The smallest absolute Gasteiger partial charge is 0.279 e. The lowest BCUT2D eigenvalue weighted by molar-refractivity contribution is 0.102. The minimum Gasteiger partial charge on any atom is -0.296 e. The van der Waals surface area contributed by atoms with Crippen molar-refractivity contribution in [2.45, 2.75) is 13.8 Å². The summed E-state index contributed by atoms with van der Waals surface area (Å²) in [6.07, 6.45) is 1.60. The molecule has 3 rings (SSSR count). The summed E-state index contributed by atoms with van der Waals surface area (Å²) >= 11 is 1.44. The predicted molar refractivity (Wildman–Crippen MR) is 80.9 cm³/mol. The van der Waals surface area contributed by atoms with Crippen LogP contribution in [0.3, 0.4) is 0 Å². The van der Waals surface area contributed by atoms with E-state index in [2.05, 4.69) is 20.6 Å². The maximum atomic E-state index is 12.1. The van der Waals surface area contributed by atoms with Gasteiger partial charge in [-0.2, -0.15) is 0 Å². The minimum atomic E-state index is -0.314. The molecule has 0 radical (unpaired) electrons. The normalized spacial score (nSPS) is 10.6. The third-order valence-corrected chi connectivity index (χ3v) is 3.98. The van der Waals surface area contributed by atoms with Crippen molar-refractivity contribution in [3.63, 3.8) is 0 Å². The molecule has 0 atom stereocenters. The van der Waals surface area contributed by atoms with E-state index >= 15 is 0 Å². The molecule has 0 unspecified atom stereocenters. The van der Waals surface area contributed by atoms with Crippen LogP contribution >= 0.6 is 11.3 Å². The molecule has 3 aromatic rings. The summed E-state index contributed by atoms with van der Waals surface area (Å²) in [7, 11) is 0. The fraction of sp³-hybridized carbons (Fsp3) is 0.143. The zero-order valence-corrected chi connectivity index (χ0v) is 12.4. The molecular weight excluding hydrogens is 286 g/mol. The second-order valence-electron chi connectivity index (χ2n) is 4.50. The van der Waals surface area contributed by atoms with Gasteiger partial charge in [0.05, 0.1) is 17.6 Å². The largest absolute Gasteiger partial charge is 0.296 e. The molecule has 1 aromatic carbocycles. The van der Waals surface area contributed by atoms with E-state index in [-0.39, 0.29) is 11.6 Å². The number of carbonyl (C=O) groups excluding carboxylic acids is 1. The SMILES string of the molecule is Cc1nc(NC(=O)c2cn(-c3ccccc3)nn2)sc1C. The highest BCUT2D eigenvalue weighted by Gasteiger charge is 2.14. The molecule has 1 amide bonds. The Morgan fingerprint density at radius 2 is 2.00 bits per heavy atom. The molecule has 2 heterocycles. The first-order chi connectivity index (χ1) is 10.1. The Morgan fingerprint density at radius 1 is 1.24 bits per heavy atom. The van der Waals surface area contributed by atoms with E-state index < -0.39 is 0 Å². The fourth-order valence-electron chi connectivity index (χ4n) is 1.76. The fourth-order valence-corrected chi connectivity index (χ4v) is 2.57. The molecule has 7 heteroatoms. The van der Waals surface area contributed by atoms with E-state index in [1.54, 1.807) is 10.9 Å². The van der Waals surface area contributed by atoms with Gasteiger partial charge in [0.25, 0.3) is 5.91 Å². The molecule has 6 nitrogen and oxygen atoms in total. The van der Waals surface area contributed by atoms with Crippen LogP contribution in [0.2, 0.25) is 0 Å². The van der Waals surface area contributed by atoms with Crippen LogP contribution in [0.4, 0.5) is 5.13 Å². The number of aryl methyl sites for hydroxylation is 2. The Kier molecular flexibility index (Phi) is 3.49. The third-order valence-electron chi connectivity index (χ3n) is 3.00. The number of para-hydroxylation sites is 1. The zero-order valence-electron chi connectivity index (χ0n) is 11.6. The van der Waals surface area contributed by atoms with Crippen molar-refractivity contribution in [3.05, 3.63) is 52.8 Å². The second-order valence-corrected chi connectivity index (χ2v) is 5.70. The summed E-state index contributed by atoms with van der Waals surface area (Å²) in [5.74, 6) is -0.314. The van der Waals surface area contributed by atoms with Gasteiger partial charge in [-0.25, -0.2) is 9.67 Å². The molecule has 106 valence electrons. The standard InChI is InChI=1S/C14H13N5OS/c1-9-10(2)21-14(15-9)16-13(20)12-8-19(18-17-12)11-6-4-3-5-7-11/h3-8H,1-2H3,(H,15,16,20). The topological polar surface area (TPSA) is 72.7 Å². The summed E-state index contributed by atoms with van der Waals surface area (Å²) in [6, 6.07) is 9.50. The van der Waals surface area contributed by atoms with Crippen molar-refractivity contribution in [2.24, 2.45) is 0 Å². The van der Waals surface area contributed by atoms with Gasteiger partial charge >= 0.3 is 0 Å². The number of anilines is 1. The van der Waals surface area contributed by atoms with Gasteiger partial charge in [-0.05, 0) is 26.0 Å². The molecule has 0 aliphatic heterocycles. The molecule has 0 aliphatic rings. The number of aromatic nitrogens is 4. The Hall–Kier alpha value is -2.54. The predicted octanol–water partition coefficient (Wildman–Crippen LogP) is 2.59. The van der Waals surface area contributed by atoms with Crippen LogP contribution in [0.5, 0.6) is 0 Å². The van der Waals surface area contributed by atoms with E-state index in [1.807, 2.05) is 44.2 Å². The van der Waals surface area contributed by atoms with Gasteiger partial charge in [0, 0.05) is 4.88 Å². The van der Waals surface area contributed by atoms with Crippen LogP contribution in [0.15, 0.2) is 36.5 Å². The summed E-state index contributed by atoms with van der Waals surface area (Å²) < 4.78 is 1.56. The Bertz CT molecular complexity index is 758. The number of thiazole rings is 1. The average Bonchev–Trinajstić information content (AvgIpc) is 3.08. The average molecular weight is 299 g/mol. The zero-order chi connectivity index (χ0) is 14.8. The second kappa shape index (κ2) is 5.45. The number of rotatable bonds is 3. The van der Waals surface area contributed by atoms with Gasteiger partial charge in [0.1, 0.15) is 0 Å². The van der Waals surface area contributed by atoms with Crippen LogP contribution in [-0.4, -0.2) is 25.9 Å². The maximum absolute atomic E-state index is 12.1. The Labute approximate surface area is 125 Å². The van der Waals surface area contributed by atoms with Crippen LogP contribution in [0, 0.1) is 13.8 Å². The van der Waals surface area contributed by atoms with Gasteiger partial charge in [-0.1, -0.05) is 23.4 Å². The lowest BCUT2D eigenvalue weighted by Gasteiger charge is -1.98. The Morgan fingerprint density at radius 3 is 2.67 bits per heavy atom. The number of hydrogen-bond donors (Lipinski definition) is 1. The van der Waals surface area contributed by atoms with E-state index in [0.717, 1.165) is 16.3 Å². The quantitative estimate of drug-likeness (QED) is 0.807. The highest BCUT2D eigenvalue weighted by atomic mass is 32.1. The number of carbonyl (C=O) groups is 1. The van der Waals surface area contributed by atoms with Gasteiger partial charge in [0.15, 0.2) is 10.8 Å². The lowest BCUT2D eigenvalue weighted by atomic mass is 10.3. The molecule has 21 heavy (non-hydrogen) atoms. The van der Waals surface area contributed by atoms with E-state index in [1.165, 1.54) is 11.3 Å². The van der Waals surface area contributed by atoms with Crippen molar-refractivity contribution in [1.82, 2.24) is 20.0 Å². The first kappa shape index (κ1) is 13.4. The van der Waals surface area contributed by atoms with E-state index in [0.29, 0.717) is 5.13 Å². The van der Waals surface area contributed by atoms with Gasteiger partial charge in [-0.3, -0.25) is 10.1 Å². The molecular formula is C14H13N5OS. The molecule has 1 N–H and O–H groups in total. The van der Waals surface area contributed by atoms with Crippen LogP contribution in [0.25, 0.3) is 5.69 Å². The van der Waals surface area contributed by atoms with Crippen molar-refractivity contribution in [1.29, 1.82) is 0 Å². The molecule has 0 bridgehead atoms. The number of nitrogens with zero attached hydrogens (tertiary/aromatic N) is 4. The summed E-state index contributed by atoms with van der Waals surface area (Å²) in [5, 5.41) is 11.2. The highest BCUT2D eigenvalue weighted by Crippen LogP contribution is 2.21. The van der Waals surface area contributed by atoms with Crippen molar-refractivity contribution < 1.29 is 4.79 Å². The maximum Gasteiger partial charge on any atom is 0.279 e. The van der Waals surface area contributed by atoms with Gasteiger partial charge in [0.2, 0.25) is 0 Å². The van der Waals surface area contributed by atoms with Gasteiger partial charge in [-0.15, -0.1) is 16.4 Å². The van der Waals surface area contributed by atoms with Crippen molar-refractivity contribution in [2.75, 3.05) is 5.32 Å². The van der Waals surface area contributed by atoms with Crippen LogP contribution in [0.1, 0.15) is 21.1 Å². The molecule has 0 aliphatic carbocycles. The lowest BCUT2D eigenvalue weighted by Crippen LogP contribution is -2.12. The molecule has 0 fully saturated rings. The number of benzene rings is 1. The molecule has 2 aromatic heterocycles. The number of amides is 1. The summed E-state index contributed by atoms with van der Waals surface area (Å²) in [5.41, 5.74) is 2.03. The summed E-state index contributed by atoms with van der Waals surface area (Å²) in [4.78, 5) is 17.5. The first-order valence-corrected chi connectivity index (χ1v) is 7.18. The molecule has 0 spiro atoms. The number of nitrogens with one attached hydrogen (secondary N) is 1. The highest BCUT2D eigenvalue weighted by molar-refractivity contribution is 7.15. The van der Waals surface area contributed by atoms with Crippen molar-refractivity contribution in [3.8, 4) is 5.69 Å². The van der Waals surface area contributed by atoms with Crippen LogP contribution in [-0.2, 0) is 0 Å².